The van der Waals surface area contributed by atoms with Crippen LogP contribution in [-0.2, 0) is 11.3 Å². The Morgan fingerprint density at radius 2 is 1.74 bits per heavy atom. The van der Waals surface area contributed by atoms with Crippen molar-refractivity contribution in [3.8, 4) is 0 Å². The van der Waals surface area contributed by atoms with Crippen LogP contribution in [0.3, 0.4) is 0 Å². The molecule has 0 fully saturated rings. The van der Waals surface area contributed by atoms with Crippen molar-refractivity contribution in [1.82, 2.24) is 5.32 Å². The zero-order valence-electron chi connectivity index (χ0n) is 15.5. The highest BCUT2D eigenvalue weighted by atomic mass is 32.1. The standard InChI is InChI=1S/C21H22N2O3S/c1-21(2,3)26-20(25)22-13-15-9-4-6-10-16(15)23-19(24)18-12-14-8-5-7-11-17(14)27-18/h4-12H,13H2,1-3H3,(H,22,25)(H,23,24). The largest absolute Gasteiger partial charge is 0.444 e. The number of carbonyl (C=O) groups is 2. The van der Waals surface area contributed by atoms with E-state index in [1.165, 1.54) is 11.3 Å². The smallest absolute Gasteiger partial charge is 0.407 e. The number of carbonyl (C=O) groups excluding carboxylic acids is 2. The lowest BCUT2D eigenvalue weighted by Crippen LogP contribution is -2.32. The average molecular weight is 382 g/mol. The van der Waals surface area contributed by atoms with Crippen LogP contribution in [0.1, 0.15) is 36.0 Å². The van der Waals surface area contributed by atoms with Crippen LogP contribution in [0.5, 0.6) is 0 Å². The molecule has 3 rings (SSSR count). The lowest BCUT2D eigenvalue weighted by Gasteiger charge is -2.20. The molecule has 0 saturated carbocycles. The number of hydrogen-bond acceptors (Lipinski definition) is 4. The molecule has 6 heteroatoms. The summed E-state index contributed by atoms with van der Waals surface area (Å²) in [5, 5.41) is 6.71. The number of thiophene rings is 1. The molecule has 0 unspecified atom stereocenters. The van der Waals surface area contributed by atoms with Crippen LogP contribution >= 0.6 is 11.3 Å². The summed E-state index contributed by atoms with van der Waals surface area (Å²) in [5.41, 5.74) is 0.910. The van der Waals surface area contributed by atoms with E-state index in [0.717, 1.165) is 15.6 Å². The van der Waals surface area contributed by atoms with E-state index in [-0.39, 0.29) is 12.5 Å². The Hall–Kier alpha value is -2.86. The van der Waals surface area contributed by atoms with Gasteiger partial charge in [-0.1, -0.05) is 36.4 Å². The van der Waals surface area contributed by atoms with Crippen LogP contribution in [0, 0.1) is 0 Å². The molecule has 0 aliphatic heterocycles. The second-order valence-corrected chi connectivity index (χ2v) is 8.20. The van der Waals surface area contributed by atoms with Gasteiger partial charge in [-0.05, 0) is 49.9 Å². The van der Waals surface area contributed by atoms with E-state index in [9.17, 15) is 9.59 Å². The molecule has 2 N–H and O–H groups in total. The molecule has 0 bridgehead atoms. The third-order valence-corrected chi connectivity index (χ3v) is 4.85. The summed E-state index contributed by atoms with van der Waals surface area (Å²) in [6.07, 6.45) is -0.492. The molecule has 5 nitrogen and oxygen atoms in total. The van der Waals surface area contributed by atoms with Gasteiger partial charge in [0.05, 0.1) is 4.88 Å². The third kappa shape index (κ3) is 5.08. The lowest BCUT2D eigenvalue weighted by atomic mass is 10.1. The van der Waals surface area contributed by atoms with Crippen molar-refractivity contribution in [3.05, 3.63) is 65.0 Å². The van der Waals surface area contributed by atoms with Gasteiger partial charge in [0, 0.05) is 16.9 Å². The molecule has 3 aromatic rings. The van der Waals surface area contributed by atoms with Gasteiger partial charge in [0.2, 0.25) is 0 Å². The van der Waals surface area contributed by atoms with Crippen LogP contribution in [0.15, 0.2) is 54.6 Å². The zero-order chi connectivity index (χ0) is 19.4. The van der Waals surface area contributed by atoms with E-state index in [0.29, 0.717) is 10.6 Å². The number of benzene rings is 2. The Labute approximate surface area is 162 Å². The quantitative estimate of drug-likeness (QED) is 0.653. The lowest BCUT2D eigenvalue weighted by molar-refractivity contribution is 0.0523. The molecule has 1 heterocycles. The minimum atomic E-state index is -0.557. The number of ether oxygens (including phenoxy) is 1. The van der Waals surface area contributed by atoms with Crippen LogP contribution < -0.4 is 10.6 Å². The molecule has 0 saturated heterocycles. The highest BCUT2D eigenvalue weighted by Gasteiger charge is 2.17. The summed E-state index contributed by atoms with van der Waals surface area (Å²) in [6, 6.07) is 17.2. The number of rotatable bonds is 4. The van der Waals surface area contributed by atoms with E-state index in [1.54, 1.807) is 0 Å². The summed E-state index contributed by atoms with van der Waals surface area (Å²) in [7, 11) is 0. The van der Waals surface area contributed by atoms with Gasteiger partial charge >= 0.3 is 6.09 Å². The average Bonchev–Trinajstić information content (AvgIpc) is 3.04. The molecule has 0 atom stereocenters. The number of nitrogens with one attached hydrogen (secondary N) is 2. The van der Waals surface area contributed by atoms with Crippen LogP contribution in [-0.4, -0.2) is 17.6 Å². The highest BCUT2D eigenvalue weighted by Crippen LogP contribution is 2.26. The van der Waals surface area contributed by atoms with Crippen molar-refractivity contribution in [2.75, 3.05) is 5.32 Å². The normalized spacial score (nSPS) is 11.2. The molecule has 0 radical (unpaired) electrons. The molecular formula is C21H22N2O3S. The Morgan fingerprint density at radius 1 is 1.04 bits per heavy atom. The van der Waals surface area contributed by atoms with Crippen molar-refractivity contribution in [1.29, 1.82) is 0 Å². The molecule has 1 aromatic heterocycles. The Kier molecular flexibility index (Phi) is 5.46. The Bertz CT molecular complexity index is 940. The summed E-state index contributed by atoms with van der Waals surface area (Å²) in [6.45, 7) is 5.70. The SMILES string of the molecule is CC(C)(C)OC(=O)NCc1ccccc1NC(=O)c1cc2ccccc2s1. The van der Waals surface area contributed by atoms with E-state index in [2.05, 4.69) is 10.6 Å². The number of hydrogen-bond donors (Lipinski definition) is 2. The number of amides is 2. The predicted octanol–water partition coefficient (Wildman–Crippen LogP) is 5.18. The first-order valence-corrected chi connectivity index (χ1v) is 9.48. The predicted molar refractivity (Wildman–Crippen MR) is 109 cm³/mol. The first-order chi connectivity index (χ1) is 12.8. The van der Waals surface area contributed by atoms with Gasteiger partial charge in [0.1, 0.15) is 5.60 Å². The number of anilines is 1. The van der Waals surface area contributed by atoms with Gasteiger partial charge in [-0.3, -0.25) is 4.79 Å². The van der Waals surface area contributed by atoms with Gasteiger partial charge in [0.15, 0.2) is 0 Å². The molecule has 0 aliphatic carbocycles. The van der Waals surface area contributed by atoms with Crippen LogP contribution in [0.4, 0.5) is 10.5 Å². The maximum absolute atomic E-state index is 12.6. The van der Waals surface area contributed by atoms with Crippen molar-refractivity contribution in [2.24, 2.45) is 0 Å². The van der Waals surface area contributed by atoms with E-state index >= 15 is 0 Å². The summed E-state index contributed by atoms with van der Waals surface area (Å²) < 4.78 is 6.32. The van der Waals surface area contributed by atoms with Crippen LogP contribution in [0.25, 0.3) is 10.1 Å². The van der Waals surface area contributed by atoms with Gasteiger partial charge < -0.3 is 15.4 Å². The van der Waals surface area contributed by atoms with Crippen molar-refractivity contribution >= 4 is 39.1 Å². The fourth-order valence-corrected chi connectivity index (χ4v) is 3.51. The first kappa shape index (κ1) is 18.9. The molecule has 2 aromatic carbocycles. The molecule has 0 spiro atoms. The van der Waals surface area contributed by atoms with Crippen molar-refractivity contribution in [2.45, 2.75) is 32.9 Å². The van der Waals surface area contributed by atoms with Gasteiger partial charge in [-0.2, -0.15) is 0 Å². The second-order valence-electron chi connectivity index (χ2n) is 7.12. The summed E-state index contributed by atoms with van der Waals surface area (Å²) in [5.74, 6) is -0.166. The zero-order valence-corrected chi connectivity index (χ0v) is 16.4. The number of fused-ring (bicyclic) bond motifs is 1. The number of para-hydroxylation sites is 1. The minimum absolute atomic E-state index is 0.166. The molecule has 2 amide bonds. The van der Waals surface area contributed by atoms with Crippen molar-refractivity contribution < 1.29 is 14.3 Å². The topological polar surface area (TPSA) is 67.4 Å². The van der Waals surface area contributed by atoms with Crippen molar-refractivity contribution in [3.63, 3.8) is 0 Å². The Morgan fingerprint density at radius 3 is 2.48 bits per heavy atom. The monoisotopic (exact) mass is 382 g/mol. The molecule has 140 valence electrons. The minimum Gasteiger partial charge on any atom is -0.444 e. The Balaban J connectivity index is 1.70. The summed E-state index contributed by atoms with van der Waals surface area (Å²) >= 11 is 1.45. The second kappa shape index (κ2) is 7.80. The van der Waals surface area contributed by atoms with Gasteiger partial charge in [0.25, 0.3) is 5.91 Å². The molecular weight excluding hydrogens is 360 g/mol. The highest BCUT2D eigenvalue weighted by molar-refractivity contribution is 7.20. The maximum Gasteiger partial charge on any atom is 0.407 e. The summed E-state index contributed by atoms with van der Waals surface area (Å²) in [4.78, 5) is 25.2. The molecule has 27 heavy (non-hydrogen) atoms. The fraction of sp³-hybridized carbons (Fsp3) is 0.238. The van der Waals surface area contributed by atoms with E-state index in [4.69, 9.17) is 4.74 Å². The third-order valence-electron chi connectivity index (χ3n) is 3.74. The molecule has 0 aliphatic rings. The first-order valence-electron chi connectivity index (χ1n) is 8.66. The van der Waals surface area contributed by atoms with E-state index < -0.39 is 11.7 Å². The van der Waals surface area contributed by atoms with Gasteiger partial charge in [-0.15, -0.1) is 11.3 Å². The van der Waals surface area contributed by atoms with E-state index in [1.807, 2.05) is 75.4 Å². The van der Waals surface area contributed by atoms with Crippen LogP contribution in [0.2, 0.25) is 0 Å². The maximum atomic E-state index is 12.6. The van der Waals surface area contributed by atoms with Gasteiger partial charge in [-0.25, -0.2) is 4.79 Å². The fourth-order valence-electron chi connectivity index (χ4n) is 2.56. The number of alkyl carbamates (subject to hydrolysis) is 1.